The van der Waals surface area contributed by atoms with E-state index in [1.807, 2.05) is 13.8 Å². The molecule has 0 radical (unpaired) electrons. The van der Waals surface area contributed by atoms with Crippen LogP contribution in [0.25, 0.3) is 0 Å². The minimum atomic E-state index is -0.548. The molecule has 0 aliphatic rings. The molecular formula is C13H23N5O2. The van der Waals surface area contributed by atoms with Crippen LogP contribution in [0.3, 0.4) is 0 Å². The maximum Gasteiger partial charge on any atom is 0.412 e. The summed E-state index contributed by atoms with van der Waals surface area (Å²) in [6, 6.07) is 3.22. The normalized spacial score (nSPS) is 11.2. The highest BCUT2D eigenvalue weighted by Gasteiger charge is 2.16. The van der Waals surface area contributed by atoms with E-state index in [0.29, 0.717) is 11.4 Å². The van der Waals surface area contributed by atoms with Crippen molar-refractivity contribution in [3.05, 3.63) is 24.0 Å². The van der Waals surface area contributed by atoms with Gasteiger partial charge >= 0.3 is 6.09 Å². The van der Waals surface area contributed by atoms with E-state index in [4.69, 9.17) is 16.3 Å². The lowest BCUT2D eigenvalue weighted by Gasteiger charge is -2.19. The number of nitrogens with two attached hydrogens (primary N) is 2. The topological polar surface area (TPSA) is 116 Å². The van der Waals surface area contributed by atoms with Gasteiger partial charge in [-0.25, -0.2) is 4.79 Å². The number of carbonyl (C=O) groups is 1. The summed E-state index contributed by atoms with van der Waals surface area (Å²) < 4.78 is 5.09. The van der Waals surface area contributed by atoms with Gasteiger partial charge in [-0.1, -0.05) is 13.8 Å². The van der Waals surface area contributed by atoms with E-state index in [-0.39, 0.29) is 5.84 Å². The first kappa shape index (κ1) is 17.7. The SMILES string of the molecule is CC.CC(C)(C)OC(=O)Nc1ccc(/C(N)=N/N)nc1. The van der Waals surface area contributed by atoms with Crippen LogP contribution in [0.1, 0.15) is 40.3 Å². The van der Waals surface area contributed by atoms with E-state index in [0.717, 1.165) is 0 Å². The largest absolute Gasteiger partial charge is 0.444 e. The van der Waals surface area contributed by atoms with Gasteiger partial charge in [-0.2, -0.15) is 5.10 Å². The standard InChI is InChI=1S/C11H17N5O2.C2H6/c1-11(2,3)18-10(17)15-7-4-5-8(14-6-7)9(12)16-13;1-2/h4-6H,13H2,1-3H3,(H2,12,16)(H,15,17);1-2H3. The Bertz CT molecular complexity index is 449. The number of nitrogens with one attached hydrogen (secondary N) is 1. The highest BCUT2D eigenvalue weighted by molar-refractivity contribution is 5.95. The van der Waals surface area contributed by atoms with Crippen molar-refractivity contribution in [2.45, 2.75) is 40.2 Å². The molecule has 0 atom stereocenters. The molecule has 0 saturated heterocycles. The first-order valence-electron chi connectivity index (χ1n) is 6.31. The van der Waals surface area contributed by atoms with Gasteiger partial charge < -0.3 is 16.3 Å². The molecule has 5 N–H and O–H groups in total. The molecule has 1 amide bonds. The number of anilines is 1. The molecule has 0 saturated carbocycles. The van der Waals surface area contributed by atoms with E-state index in [2.05, 4.69) is 15.4 Å². The summed E-state index contributed by atoms with van der Waals surface area (Å²) in [5.74, 6) is 5.15. The summed E-state index contributed by atoms with van der Waals surface area (Å²) in [5.41, 5.74) is 5.87. The molecule has 0 aliphatic heterocycles. The number of amides is 1. The zero-order valence-electron chi connectivity index (χ0n) is 12.6. The number of ether oxygens (including phenoxy) is 1. The number of aromatic nitrogens is 1. The monoisotopic (exact) mass is 281 g/mol. The Morgan fingerprint density at radius 1 is 1.35 bits per heavy atom. The van der Waals surface area contributed by atoms with Gasteiger partial charge in [0.05, 0.1) is 11.9 Å². The van der Waals surface area contributed by atoms with E-state index < -0.39 is 11.7 Å². The molecule has 7 nitrogen and oxygen atoms in total. The molecule has 0 unspecified atom stereocenters. The van der Waals surface area contributed by atoms with Gasteiger partial charge in [0.2, 0.25) is 0 Å². The van der Waals surface area contributed by atoms with Crippen molar-refractivity contribution in [3.8, 4) is 0 Å². The van der Waals surface area contributed by atoms with Crippen LogP contribution in [0.5, 0.6) is 0 Å². The van der Waals surface area contributed by atoms with Gasteiger partial charge in [-0.15, -0.1) is 0 Å². The van der Waals surface area contributed by atoms with Crippen molar-refractivity contribution < 1.29 is 9.53 Å². The van der Waals surface area contributed by atoms with Crippen LogP contribution in [-0.2, 0) is 4.74 Å². The van der Waals surface area contributed by atoms with Gasteiger partial charge in [-0.05, 0) is 32.9 Å². The quantitative estimate of drug-likeness (QED) is 0.332. The van der Waals surface area contributed by atoms with Crippen molar-refractivity contribution in [1.29, 1.82) is 0 Å². The molecule has 7 heteroatoms. The van der Waals surface area contributed by atoms with Crippen molar-refractivity contribution >= 4 is 17.6 Å². The Morgan fingerprint density at radius 3 is 2.35 bits per heavy atom. The number of rotatable bonds is 2. The first-order valence-corrected chi connectivity index (χ1v) is 6.31. The van der Waals surface area contributed by atoms with Crippen molar-refractivity contribution in [3.63, 3.8) is 0 Å². The molecule has 0 fully saturated rings. The molecular weight excluding hydrogens is 258 g/mol. The number of hydrogen-bond donors (Lipinski definition) is 3. The summed E-state index contributed by atoms with van der Waals surface area (Å²) in [7, 11) is 0. The summed E-state index contributed by atoms with van der Waals surface area (Å²) in [5, 5.41) is 5.86. The number of carbonyl (C=O) groups excluding carboxylic acids is 1. The van der Waals surface area contributed by atoms with Gasteiger partial charge in [0.15, 0.2) is 5.84 Å². The maximum atomic E-state index is 11.5. The lowest BCUT2D eigenvalue weighted by molar-refractivity contribution is 0.0636. The van der Waals surface area contributed by atoms with Crippen LogP contribution in [0.2, 0.25) is 0 Å². The van der Waals surface area contributed by atoms with Crippen LogP contribution in [0.4, 0.5) is 10.5 Å². The van der Waals surface area contributed by atoms with Crippen molar-refractivity contribution in [2.24, 2.45) is 16.7 Å². The Kier molecular flexibility index (Phi) is 7.06. The lowest BCUT2D eigenvalue weighted by atomic mass is 10.2. The summed E-state index contributed by atoms with van der Waals surface area (Å²) in [4.78, 5) is 15.5. The number of nitrogens with zero attached hydrogens (tertiary/aromatic N) is 2. The Hall–Kier alpha value is -2.31. The first-order chi connectivity index (χ1) is 9.31. The minimum Gasteiger partial charge on any atom is -0.444 e. The fourth-order valence-corrected chi connectivity index (χ4v) is 1.11. The minimum absolute atomic E-state index is 0.124. The highest BCUT2D eigenvalue weighted by Crippen LogP contribution is 2.11. The molecule has 112 valence electrons. The second kappa shape index (κ2) is 7.98. The van der Waals surface area contributed by atoms with Gasteiger partial charge in [0.1, 0.15) is 11.3 Å². The summed E-state index contributed by atoms with van der Waals surface area (Å²) >= 11 is 0. The van der Waals surface area contributed by atoms with E-state index in [9.17, 15) is 4.79 Å². The second-order valence-corrected chi connectivity index (χ2v) is 4.57. The number of pyridine rings is 1. The van der Waals surface area contributed by atoms with Crippen molar-refractivity contribution in [2.75, 3.05) is 5.32 Å². The van der Waals surface area contributed by atoms with E-state index in [1.165, 1.54) is 6.20 Å². The number of amidine groups is 1. The van der Waals surface area contributed by atoms with Gasteiger partial charge in [0, 0.05) is 0 Å². The fraction of sp³-hybridized carbons (Fsp3) is 0.462. The molecule has 1 heterocycles. The molecule has 0 spiro atoms. The van der Waals surface area contributed by atoms with E-state index in [1.54, 1.807) is 32.9 Å². The Balaban J connectivity index is 0.00000172. The van der Waals surface area contributed by atoms with Crippen LogP contribution < -0.4 is 16.9 Å². The molecule has 1 aromatic heterocycles. The number of hydrogen-bond acceptors (Lipinski definition) is 5. The Labute approximate surface area is 119 Å². The summed E-state index contributed by atoms with van der Waals surface area (Å²) in [6.45, 7) is 9.35. The van der Waals surface area contributed by atoms with Gasteiger partial charge in [0.25, 0.3) is 0 Å². The van der Waals surface area contributed by atoms with E-state index >= 15 is 0 Å². The van der Waals surface area contributed by atoms with Crippen LogP contribution in [-0.4, -0.2) is 22.5 Å². The lowest BCUT2D eigenvalue weighted by Crippen LogP contribution is -2.27. The third-order valence-corrected chi connectivity index (χ3v) is 1.81. The highest BCUT2D eigenvalue weighted by atomic mass is 16.6. The Morgan fingerprint density at radius 2 is 1.95 bits per heavy atom. The smallest absolute Gasteiger partial charge is 0.412 e. The second-order valence-electron chi connectivity index (χ2n) is 4.57. The van der Waals surface area contributed by atoms with Gasteiger partial charge in [-0.3, -0.25) is 10.3 Å². The molecule has 0 bridgehead atoms. The predicted molar refractivity (Wildman–Crippen MR) is 80.4 cm³/mol. The average molecular weight is 281 g/mol. The van der Waals surface area contributed by atoms with Crippen molar-refractivity contribution in [1.82, 2.24) is 4.98 Å². The van der Waals surface area contributed by atoms with Crippen LogP contribution >= 0.6 is 0 Å². The fourth-order valence-electron chi connectivity index (χ4n) is 1.11. The predicted octanol–water partition coefficient (Wildman–Crippen LogP) is 2.03. The third-order valence-electron chi connectivity index (χ3n) is 1.81. The zero-order valence-corrected chi connectivity index (χ0v) is 12.6. The molecule has 20 heavy (non-hydrogen) atoms. The average Bonchev–Trinajstić information content (AvgIpc) is 2.39. The number of hydrazone groups is 1. The summed E-state index contributed by atoms with van der Waals surface area (Å²) in [6.07, 6.45) is 0.898. The molecule has 0 aliphatic carbocycles. The maximum absolute atomic E-state index is 11.5. The molecule has 0 aromatic carbocycles. The molecule has 1 aromatic rings. The zero-order chi connectivity index (χ0) is 15.8. The third kappa shape index (κ3) is 6.58. The van der Waals surface area contributed by atoms with Crippen LogP contribution in [0.15, 0.2) is 23.4 Å². The molecule has 1 rings (SSSR count). The van der Waals surface area contributed by atoms with Crippen LogP contribution in [0, 0.1) is 0 Å².